The van der Waals surface area contributed by atoms with Crippen molar-refractivity contribution in [1.29, 1.82) is 0 Å². The van der Waals surface area contributed by atoms with E-state index in [-0.39, 0.29) is 44.8 Å². The molecule has 0 radical (unpaired) electrons. The molecule has 14 nitrogen and oxygen atoms in total. The molecule has 0 heterocycles. The first-order valence-electron chi connectivity index (χ1n) is 17.4. The molecule has 2 unspecified atom stereocenters. The van der Waals surface area contributed by atoms with Gasteiger partial charge >= 0.3 is 12.2 Å². The van der Waals surface area contributed by atoms with Crippen LogP contribution < -0.4 is 21.4 Å². The second-order valence-corrected chi connectivity index (χ2v) is 13.2. The van der Waals surface area contributed by atoms with Gasteiger partial charge in [0.15, 0.2) is 0 Å². The van der Waals surface area contributed by atoms with Crippen LogP contribution in [0.3, 0.4) is 0 Å². The number of benzene rings is 1. The van der Waals surface area contributed by atoms with E-state index in [9.17, 15) is 24.3 Å². The van der Waals surface area contributed by atoms with Crippen LogP contribution in [0.15, 0.2) is 30.3 Å². The van der Waals surface area contributed by atoms with E-state index in [1.165, 1.54) is 14.2 Å². The topological polar surface area (TPSA) is 177 Å². The van der Waals surface area contributed by atoms with Gasteiger partial charge in [0.25, 0.3) is 5.91 Å². The molecule has 1 aromatic carbocycles. The molecule has 278 valence electrons. The summed E-state index contributed by atoms with van der Waals surface area (Å²) >= 11 is 0. The molecule has 0 aliphatic heterocycles. The average molecular weight is 694 g/mol. The Morgan fingerprint density at radius 3 is 1.82 bits per heavy atom. The quantitative estimate of drug-likeness (QED) is 0.0951. The Labute approximate surface area is 291 Å². The van der Waals surface area contributed by atoms with Crippen molar-refractivity contribution in [2.45, 2.75) is 90.4 Å². The molecule has 0 spiro atoms. The first-order chi connectivity index (χ1) is 23.4. The van der Waals surface area contributed by atoms with Gasteiger partial charge in [-0.3, -0.25) is 15.0 Å². The van der Waals surface area contributed by atoms with Gasteiger partial charge in [-0.2, -0.15) is 0 Å². The molecular weight excluding hydrogens is 634 g/mol. The number of hydrogen-bond donors (Lipinski definition) is 5. The molecule has 14 heteroatoms. The maximum atomic E-state index is 13.6. The Morgan fingerprint density at radius 2 is 1.31 bits per heavy atom. The van der Waals surface area contributed by atoms with Gasteiger partial charge in [0, 0.05) is 27.3 Å². The smallest absolute Gasteiger partial charge is 0.407 e. The van der Waals surface area contributed by atoms with Crippen molar-refractivity contribution in [2.75, 3.05) is 53.7 Å². The molecule has 1 aliphatic carbocycles. The van der Waals surface area contributed by atoms with Crippen LogP contribution in [-0.4, -0.2) is 112 Å². The predicted octanol–water partition coefficient (Wildman–Crippen LogP) is 2.78. The van der Waals surface area contributed by atoms with Crippen LogP contribution >= 0.6 is 0 Å². The zero-order valence-corrected chi connectivity index (χ0v) is 30.1. The fourth-order valence-electron chi connectivity index (χ4n) is 5.69. The minimum absolute atomic E-state index is 0.00194. The number of alkyl carbamates (subject to hydrolysis) is 2. The number of hydrazine groups is 1. The van der Waals surface area contributed by atoms with Crippen molar-refractivity contribution in [2.24, 2.45) is 17.8 Å². The number of ether oxygens (including phenoxy) is 4. The summed E-state index contributed by atoms with van der Waals surface area (Å²) in [6.07, 6.45) is 3.01. The zero-order chi connectivity index (χ0) is 36.2. The summed E-state index contributed by atoms with van der Waals surface area (Å²) in [4.78, 5) is 52.1. The number of methoxy groups -OCH3 is 2. The number of aliphatic hydroxyl groups excluding tert-OH is 1. The van der Waals surface area contributed by atoms with E-state index >= 15 is 0 Å². The first kappa shape index (κ1) is 41.7. The Hall–Kier alpha value is -3.46. The highest BCUT2D eigenvalue weighted by Gasteiger charge is 2.33. The van der Waals surface area contributed by atoms with Gasteiger partial charge < -0.3 is 40.0 Å². The van der Waals surface area contributed by atoms with E-state index in [4.69, 9.17) is 18.9 Å². The second kappa shape index (κ2) is 23.0. The van der Waals surface area contributed by atoms with Crippen LogP contribution in [0.5, 0.6) is 0 Å². The monoisotopic (exact) mass is 693 g/mol. The molecule has 5 N–H and O–H groups in total. The summed E-state index contributed by atoms with van der Waals surface area (Å²) in [6, 6.07) is 6.85. The highest BCUT2D eigenvalue weighted by atomic mass is 16.6. The van der Waals surface area contributed by atoms with Gasteiger partial charge in [0.05, 0.1) is 25.4 Å². The zero-order valence-electron chi connectivity index (χ0n) is 30.1. The van der Waals surface area contributed by atoms with Crippen molar-refractivity contribution in [3.05, 3.63) is 35.9 Å². The van der Waals surface area contributed by atoms with Crippen LogP contribution in [0, 0.1) is 17.8 Å². The molecule has 0 aromatic heterocycles. The Morgan fingerprint density at radius 1 is 0.776 bits per heavy atom. The van der Waals surface area contributed by atoms with E-state index in [2.05, 4.69) is 21.4 Å². The molecular formula is C35H59N5O9. The molecule has 4 amide bonds. The Balaban J connectivity index is 2.27. The summed E-state index contributed by atoms with van der Waals surface area (Å²) in [6.45, 7) is 8.26. The second-order valence-electron chi connectivity index (χ2n) is 13.2. The third kappa shape index (κ3) is 16.2. The molecule has 0 saturated heterocycles. The third-order valence-corrected chi connectivity index (χ3v) is 8.46. The van der Waals surface area contributed by atoms with Crippen LogP contribution in [0.4, 0.5) is 9.59 Å². The van der Waals surface area contributed by atoms with E-state index in [0.29, 0.717) is 18.9 Å². The van der Waals surface area contributed by atoms with Gasteiger partial charge in [-0.15, -0.1) is 0 Å². The summed E-state index contributed by atoms with van der Waals surface area (Å²) in [5.41, 5.74) is 3.84. The Bertz CT molecular complexity index is 1120. The van der Waals surface area contributed by atoms with E-state index in [0.717, 1.165) is 37.7 Å². The minimum atomic E-state index is -1.13. The molecule has 1 aromatic rings. The lowest BCUT2D eigenvalue weighted by molar-refractivity contribution is -0.131. The molecule has 2 rings (SSSR count). The van der Waals surface area contributed by atoms with Crippen molar-refractivity contribution >= 4 is 24.0 Å². The molecule has 1 fully saturated rings. The summed E-state index contributed by atoms with van der Waals surface area (Å²) in [5, 5.41) is 21.7. The summed E-state index contributed by atoms with van der Waals surface area (Å²) < 4.78 is 20.1. The van der Waals surface area contributed by atoms with E-state index in [1.807, 2.05) is 44.2 Å². The number of rotatable bonds is 21. The van der Waals surface area contributed by atoms with Gasteiger partial charge in [-0.25, -0.2) is 14.6 Å². The van der Waals surface area contributed by atoms with Crippen molar-refractivity contribution in [3.63, 3.8) is 0 Å². The van der Waals surface area contributed by atoms with Crippen LogP contribution in [0.25, 0.3) is 0 Å². The van der Waals surface area contributed by atoms with Gasteiger partial charge in [-0.1, -0.05) is 77.3 Å². The minimum Gasteiger partial charge on any atom is -0.447 e. The highest BCUT2D eigenvalue weighted by molar-refractivity contribution is 5.86. The van der Waals surface area contributed by atoms with E-state index < -0.39 is 48.2 Å². The third-order valence-electron chi connectivity index (χ3n) is 8.46. The maximum Gasteiger partial charge on any atom is 0.407 e. The predicted molar refractivity (Wildman–Crippen MR) is 184 cm³/mol. The summed E-state index contributed by atoms with van der Waals surface area (Å²) in [5.74, 6) is -1.16. The number of carbonyl (C=O) groups excluding carboxylic acids is 4. The van der Waals surface area contributed by atoms with Crippen molar-refractivity contribution < 1.29 is 43.2 Å². The lowest BCUT2D eigenvalue weighted by Crippen LogP contribution is -2.60. The lowest BCUT2D eigenvalue weighted by atomic mass is 9.89. The number of nitrogens with zero attached hydrogens (tertiary/aromatic N) is 1. The SMILES string of the molecule is COCCOC(=O)NC(C(=O)N[C@@H](Cc1ccccc1)[C@H](O)CN(CC1CCCCC1)NC(=O)C(NC(=O)OCCOC)C(C)C)C(C)C. The van der Waals surface area contributed by atoms with Gasteiger partial charge in [0.1, 0.15) is 25.3 Å². The Kier molecular flexibility index (Phi) is 19.6. The largest absolute Gasteiger partial charge is 0.447 e. The van der Waals surface area contributed by atoms with Crippen LogP contribution in [-0.2, 0) is 35.0 Å². The van der Waals surface area contributed by atoms with Crippen LogP contribution in [0.1, 0.15) is 65.4 Å². The average Bonchev–Trinajstić information content (AvgIpc) is 3.06. The molecule has 0 bridgehead atoms. The number of aliphatic hydroxyl groups is 1. The van der Waals surface area contributed by atoms with E-state index in [1.54, 1.807) is 18.9 Å². The van der Waals surface area contributed by atoms with Crippen LogP contribution in [0.2, 0.25) is 0 Å². The standard InChI is InChI=1S/C35H59N5O9/c1-24(2)30(37-34(44)48-19-17-46-5)32(42)36-28(21-26-13-9-7-10-14-26)29(41)23-40(22-27-15-11-8-12-16-27)39-33(43)31(25(3)4)38-35(45)49-20-18-47-6/h7,9-10,13-14,24-25,27-31,41H,8,11-12,15-23H2,1-6H3,(H,36,42)(H,37,44)(H,38,45)(H,39,43)/t28-,29+,30?,31?/m0/s1. The fraction of sp³-hybridized carbons (Fsp3) is 0.714. The number of hydrogen-bond acceptors (Lipinski definition) is 10. The van der Waals surface area contributed by atoms with Gasteiger partial charge in [0.2, 0.25) is 5.91 Å². The van der Waals surface area contributed by atoms with Crippen molar-refractivity contribution in [1.82, 2.24) is 26.4 Å². The number of nitrogens with one attached hydrogen (secondary N) is 4. The fourth-order valence-corrected chi connectivity index (χ4v) is 5.69. The molecule has 1 aliphatic rings. The normalized spacial score (nSPS) is 16.0. The molecule has 4 atom stereocenters. The summed E-state index contributed by atoms with van der Waals surface area (Å²) in [7, 11) is 2.99. The van der Waals surface area contributed by atoms with Crippen molar-refractivity contribution in [3.8, 4) is 0 Å². The first-order valence-corrected chi connectivity index (χ1v) is 17.4. The molecule has 1 saturated carbocycles. The lowest BCUT2D eigenvalue weighted by Gasteiger charge is -2.35. The molecule has 49 heavy (non-hydrogen) atoms. The maximum absolute atomic E-state index is 13.6. The number of carbonyl (C=O) groups is 4. The number of amides is 4. The highest BCUT2D eigenvalue weighted by Crippen LogP contribution is 2.24. The van der Waals surface area contributed by atoms with Gasteiger partial charge in [-0.05, 0) is 42.6 Å².